The van der Waals surface area contributed by atoms with Crippen LogP contribution in [0.25, 0.3) is 0 Å². The number of carbonyl (C=O) groups excluding carboxylic acids is 1. The molecule has 176 valence electrons. The van der Waals surface area contributed by atoms with Gasteiger partial charge >= 0.3 is 0 Å². The summed E-state index contributed by atoms with van der Waals surface area (Å²) in [6, 6.07) is 11.5. The topological polar surface area (TPSA) is 70.8 Å². The molecule has 1 saturated heterocycles. The highest BCUT2D eigenvalue weighted by Crippen LogP contribution is 2.30. The number of aryl methyl sites for hydroxylation is 3. The van der Waals surface area contributed by atoms with Gasteiger partial charge in [0.15, 0.2) is 0 Å². The van der Waals surface area contributed by atoms with Crippen molar-refractivity contribution in [1.82, 2.24) is 9.21 Å². The number of furan rings is 1. The maximum atomic E-state index is 13.4. The molecule has 4 rings (SSSR count). The van der Waals surface area contributed by atoms with E-state index >= 15 is 0 Å². The Labute approximate surface area is 199 Å². The zero-order valence-electron chi connectivity index (χ0n) is 19.3. The Morgan fingerprint density at radius 1 is 1.09 bits per heavy atom. The predicted molar refractivity (Wildman–Crippen MR) is 129 cm³/mol. The molecule has 8 heteroatoms. The summed E-state index contributed by atoms with van der Waals surface area (Å²) in [5, 5.41) is 2.00. The molecule has 0 bridgehead atoms. The molecule has 0 N–H and O–H groups in total. The lowest BCUT2D eigenvalue weighted by atomic mass is 9.96. The number of nitrogens with zero attached hydrogens (tertiary/aromatic N) is 2. The number of hydrogen-bond donors (Lipinski definition) is 0. The van der Waals surface area contributed by atoms with Gasteiger partial charge in [-0.2, -0.15) is 4.31 Å². The van der Waals surface area contributed by atoms with Crippen molar-refractivity contribution in [3.05, 3.63) is 75.4 Å². The predicted octanol–water partition coefficient (Wildman–Crippen LogP) is 4.90. The normalized spacial score (nSPS) is 15.6. The summed E-state index contributed by atoms with van der Waals surface area (Å²) in [6.07, 6.45) is 2.64. The lowest BCUT2D eigenvalue weighted by Crippen LogP contribution is -2.44. The molecule has 1 fully saturated rings. The van der Waals surface area contributed by atoms with Crippen molar-refractivity contribution < 1.29 is 17.6 Å². The molecule has 0 unspecified atom stereocenters. The van der Waals surface area contributed by atoms with Crippen LogP contribution in [0, 0.1) is 26.7 Å². The van der Waals surface area contributed by atoms with Crippen LogP contribution < -0.4 is 0 Å². The molecule has 0 atom stereocenters. The van der Waals surface area contributed by atoms with E-state index in [-0.39, 0.29) is 11.8 Å². The van der Waals surface area contributed by atoms with E-state index in [9.17, 15) is 13.2 Å². The number of carbonyl (C=O) groups is 1. The van der Waals surface area contributed by atoms with E-state index in [1.807, 2.05) is 67.4 Å². The Kier molecular flexibility index (Phi) is 7.07. The molecule has 1 aliphatic heterocycles. The molecule has 3 heterocycles. The number of hydrogen-bond acceptors (Lipinski definition) is 5. The molecular formula is C25H30N2O4S2. The average molecular weight is 487 g/mol. The van der Waals surface area contributed by atoms with Crippen molar-refractivity contribution in [3.63, 3.8) is 0 Å². The zero-order chi connectivity index (χ0) is 23.6. The van der Waals surface area contributed by atoms with Crippen LogP contribution in [0.15, 0.2) is 57.4 Å². The fourth-order valence-corrected chi connectivity index (χ4v) is 7.30. The van der Waals surface area contributed by atoms with Crippen molar-refractivity contribution in [2.45, 2.75) is 51.6 Å². The van der Waals surface area contributed by atoms with Crippen LogP contribution >= 0.6 is 11.3 Å². The van der Waals surface area contributed by atoms with Gasteiger partial charge in [0.25, 0.3) is 0 Å². The van der Waals surface area contributed by atoms with E-state index in [0.29, 0.717) is 43.9 Å². The Morgan fingerprint density at radius 2 is 1.79 bits per heavy atom. The van der Waals surface area contributed by atoms with Gasteiger partial charge in [-0.25, -0.2) is 8.42 Å². The van der Waals surface area contributed by atoms with Crippen LogP contribution in [-0.2, 0) is 27.9 Å². The zero-order valence-corrected chi connectivity index (χ0v) is 20.9. The van der Waals surface area contributed by atoms with Crippen LogP contribution in [-0.4, -0.2) is 36.6 Å². The highest BCUT2D eigenvalue weighted by atomic mass is 32.2. The number of amides is 1. The first-order valence-electron chi connectivity index (χ1n) is 11.2. The summed E-state index contributed by atoms with van der Waals surface area (Å²) in [5.74, 6) is 0.594. The third kappa shape index (κ3) is 5.23. The number of rotatable bonds is 7. The molecular weight excluding hydrogens is 456 g/mol. The average Bonchev–Trinajstić information content (AvgIpc) is 3.46. The van der Waals surface area contributed by atoms with E-state index in [1.54, 1.807) is 17.6 Å². The summed E-state index contributed by atoms with van der Waals surface area (Å²) < 4.78 is 33.8. The second-order valence-electron chi connectivity index (χ2n) is 8.76. The monoisotopic (exact) mass is 486 g/mol. The second-order valence-corrected chi connectivity index (χ2v) is 11.7. The van der Waals surface area contributed by atoms with E-state index in [4.69, 9.17) is 4.42 Å². The molecule has 0 radical (unpaired) electrons. The highest BCUT2D eigenvalue weighted by molar-refractivity contribution is 7.89. The third-order valence-electron chi connectivity index (χ3n) is 6.17. The Morgan fingerprint density at radius 3 is 2.36 bits per heavy atom. The number of sulfonamides is 1. The van der Waals surface area contributed by atoms with E-state index < -0.39 is 10.0 Å². The smallest absolute Gasteiger partial charge is 0.243 e. The second kappa shape index (κ2) is 9.83. The van der Waals surface area contributed by atoms with Crippen molar-refractivity contribution in [2.75, 3.05) is 13.1 Å². The van der Waals surface area contributed by atoms with Crippen molar-refractivity contribution in [1.29, 1.82) is 0 Å². The van der Waals surface area contributed by atoms with Gasteiger partial charge in [-0.15, -0.1) is 11.3 Å². The quantitative estimate of drug-likeness (QED) is 0.476. The Hall–Kier alpha value is -2.42. The van der Waals surface area contributed by atoms with Gasteiger partial charge in [0, 0.05) is 23.9 Å². The fourth-order valence-electron chi connectivity index (χ4n) is 4.70. The Bertz CT molecular complexity index is 1130. The van der Waals surface area contributed by atoms with Gasteiger partial charge < -0.3 is 9.32 Å². The molecule has 3 aromatic rings. The van der Waals surface area contributed by atoms with Crippen molar-refractivity contribution in [2.24, 2.45) is 5.92 Å². The molecule has 6 nitrogen and oxygen atoms in total. The van der Waals surface area contributed by atoms with Crippen LogP contribution in [0.1, 0.15) is 40.2 Å². The van der Waals surface area contributed by atoms with Gasteiger partial charge in [0.2, 0.25) is 15.9 Å². The first-order valence-corrected chi connectivity index (χ1v) is 13.5. The maximum absolute atomic E-state index is 13.4. The molecule has 2 aromatic heterocycles. The maximum Gasteiger partial charge on any atom is 0.243 e. The SMILES string of the molecule is Cc1cc(C)c(S(=O)(=O)N2CCC(C(=O)N(Cc3ccco3)Cc3cccs3)CC2)c(C)c1. The van der Waals surface area contributed by atoms with Gasteiger partial charge in [-0.05, 0) is 68.3 Å². The van der Waals surface area contributed by atoms with Crippen LogP contribution in [0.2, 0.25) is 0 Å². The summed E-state index contributed by atoms with van der Waals surface area (Å²) >= 11 is 1.62. The molecule has 0 spiro atoms. The molecule has 1 amide bonds. The van der Waals surface area contributed by atoms with E-state index in [2.05, 4.69) is 0 Å². The molecule has 0 saturated carbocycles. The van der Waals surface area contributed by atoms with Crippen molar-refractivity contribution >= 4 is 27.3 Å². The molecule has 33 heavy (non-hydrogen) atoms. The Balaban J connectivity index is 1.47. The summed E-state index contributed by atoms with van der Waals surface area (Å²) in [6.45, 7) is 7.29. The van der Waals surface area contributed by atoms with Crippen LogP contribution in [0.5, 0.6) is 0 Å². The molecule has 0 aliphatic carbocycles. The van der Waals surface area contributed by atoms with Crippen LogP contribution in [0.4, 0.5) is 0 Å². The summed E-state index contributed by atoms with van der Waals surface area (Å²) in [4.78, 5) is 16.8. The number of thiophene rings is 1. The standard InChI is InChI=1S/C25H30N2O4S2/c1-18-14-19(2)24(20(3)15-18)33(29,30)27-10-8-21(9-11-27)25(28)26(16-22-6-4-12-31-22)17-23-7-5-13-32-23/h4-7,12-15,21H,8-11,16-17H2,1-3H3. The summed E-state index contributed by atoms with van der Waals surface area (Å²) in [5.41, 5.74) is 2.59. The van der Waals surface area contributed by atoms with Crippen molar-refractivity contribution in [3.8, 4) is 0 Å². The first kappa shape index (κ1) is 23.7. The minimum Gasteiger partial charge on any atom is -0.467 e. The third-order valence-corrected chi connectivity index (χ3v) is 9.24. The van der Waals surface area contributed by atoms with E-state index in [0.717, 1.165) is 27.3 Å². The fraction of sp³-hybridized carbons (Fsp3) is 0.400. The van der Waals surface area contributed by atoms with Crippen LogP contribution in [0.3, 0.4) is 0 Å². The first-order chi connectivity index (χ1) is 15.8. The minimum atomic E-state index is -3.60. The lowest BCUT2D eigenvalue weighted by molar-refractivity contribution is -0.138. The van der Waals surface area contributed by atoms with Gasteiger partial charge in [-0.3, -0.25) is 4.79 Å². The molecule has 1 aromatic carbocycles. The largest absolute Gasteiger partial charge is 0.467 e. The van der Waals surface area contributed by atoms with Gasteiger partial charge in [-0.1, -0.05) is 23.8 Å². The number of piperidine rings is 1. The highest BCUT2D eigenvalue weighted by Gasteiger charge is 2.35. The molecule has 1 aliphatic rings. The minimum absolute atomic E-state index is 0.0551. The van der Waals surface area contributed by atoms with Gasteiger partial charge in [0.05, 0.1) is 24.2 Å². The summed E-state index contributed by atoms with van der Waals surface area (Å²) in [7, 11) is -3.60. The number of benzene rings is 1. The van der Waals surface area contributed by atoms with Gasteiger partial charge in [0.1, 0.15) is 5.76 Å². The lowest BCUT2D eigenvalue weighted by Gasteiger charge is -2.34. The van der Waals surface area contributed by atoms with E-state index in [1.165, 1.54) is 4.31 Å².